The molecule has 0 radical (unpaired) electrons. The molecule has 1 aliphatic carbocycles. The van der Waals surface area contributed by atoms with Gasteiger partial charge in [0.1, 0.15) is 0 Å². The number of hydrogen-bond donors (Lipinski definition) is 2. The number of rotatable bonds is 3. The summed E-state index contributed by atoms with van der Waals surface area (Å²) in [4.78, 5) is 12.1. The van der Waals surface area contributed by atoms with Crippen LogP contribution in [0.15, 0.2) is 22.6 Å². The quantitative estimate of drug-likeness (QED) is 0.893. The molecule has 1 aromatic heterocycles. The van der Waals surface area contributed by atoms with Crippen molar-refractivity contribution in [2.75, 3.05) is 17.2 Å². The lowest BCUT2D eigenvalue weighted by Gasteiger charge is -2.04. The summed E-state index contributed by atoms with van der Waals surface area (Å²) in [6, 6.07) is 5.83. The number of aromatic nitrogens is 2. The highest BCUT2D eigenvalue weighted by molar-refractivity contribution is 6.03. The number of nitrogens with one attached hydrogen (secondary N) is 2. The second kappa shape index (κ2) is 4.33. The van der Waals surface area contributed by atoms with Crippen LogP contribution in [0.3, 0.4) is 0 Å². The van der Waals surface area contributed by atoms with Gasteiger partial charge in [0.15, 0.2) is 0 Å². The molecule has 0 saturated heterocycles. The Morgan fingerprint density at radius 1 is 1.35 bits per heavy atom. The van der Waals surface area contributed by atoms with Crippen molar-refractivity contribution in [3.8, 4) is 0 Å². The second-order valence-electron chi connectivity index (χ2n) is 5.22. The average molecular weight is 270 g/mol. The van der Waals surface area contributed by atoms with Crippen LogP contribution in [0.4, 0.5) is 11.7 Å². The number of fused-ring (bicyclic) bond motifs is 1. The Morgan fingerprint density at radius 3 is 3.10 bits per heavy atom. The third-order valence-corrected chi connectivity index (χ3v) is 3.67. The Morgan fingerprint density at radius 2 is 2.25 bits per heavy atom. The molecule has 6 nitrogen and oxygen atoms in total. The van der Waals surface area contributed by atoms with E-state index in [1.807, 2.05) is 18.2 Å². The zero-order valence-corrected chi connectivity index (χ0v) is 10.8. The fourth-order valence-electron chi connectivity index (χ4n) is 2.38. The van der Waals surface area contributed by atoms with Crippen LogP contribution in [0, 0.1) is 0 Å². The van der Waals surface area contributed by atoms with E-state index in [-0.39, 0.29) is 11.9 Å². The highest BCUT2D eigenvalue weighted by Crippen LogP contribution is 2.39. The van der Waals surface area contributed by atoms with Gasteiger partial charge < -0.3 is 9.73 Å². The lowest BCUT2D eigenvalue weighted by molar-refractivity contribution is 0.102. The topological polar surface area (TPSA) is 80.1 Å². The minimum Gasteiger partial charge on any atom is -0.408 e. The normalized spacial score (nSPS) is 16.6. The summed E-state index contributed by atoms with van der Waals surface area (Å²) < 4.78 is 5.42. The monoisotopic (exact) mass is 270 g/mol. The Labute approximate surface area is 115 Å². The van der Waals surface area contributed by atoms with Gasteiger partial charge in [0.25, 0.3) is 5.91 Å². The van der Waals surface area contributed by atoms with Gasteiger partial charge in [-0.15, -0.1) is 5.10 Å². The minimum atomic E-state index is -0.229. The highest BCUT2D eigenvalue weighted by Gasteiger charge is 2.29. The third-order valence-electron chi connectivity index (χ3n) is 3.67. The lowest BCUT2D eigenvalue weighted by Crippen LogP contribution is -2.12. The molecule has 2 aromatic rings. The number of carbonyl (C=O) groups is 1. The van der Waals surface area contributed by atoms with Crippen LogP contribution in [0.25, 0.3) is 0 Å². The van der Waals surface area contributed by atoms with Crippen LogP contribution in [-0.2, 0) is 6.42 Å². The van der Waals surface area contributed by atoms with E-state index in [0.717, 1.165) is 31.5 Å². The number of amides is 1. The largest absolute Gasteiger partial charge is 0.408 e. The van der Waals surface area contributed by atoms with Crippen LogP contribution < -0.4 is 10.6 Å². The van der Waals surface area contributed by atoms with Crippen molar-refractivity contribution in [1.29, 1.82) is 0 Å². The first-order valence-electron chi connectivity index (χ1n) is 6.81. The predicted octanol–water partition coefficient (Wildman–Crippen LogP) is 2.17. The smallest absolute Gasteiger partial charge is 0.322 e. The highest BCUT2D eigenvalue weighted by atomic mass is 16.4. The van der Waals surface area contributed by atoms with E-state index in [2.05, 4.69) is 20.8 Å². The number of hydrogen-bond acceptors (Lipinski definition) is 5. The van der Waals surface area contributed by atoms with Gasteiger partial charge in [0.05, 0.1) is 0 Å². The SMILES string of the molecule is O=C(Nc1nnc(C2CC2)o1)c1ccc2c(c1)NCC2. The first-order chi connectivity index (χ1) is 9.79. The number of benzene rings is 1. The first kappa shape index (κ1) is 11.5. The van der Waals surface area contributed by atoms with E-state index in [1.165, 1.54) is 5.56 Å². The molecule has 1 saturated carbocycles. The third kappa shape index (κ3) is 2.03. The van der Waals surface area contributed by atoms with E-state index >= 15 is 0 Å². The molecule has 0 unspecified atom stereocenters. The van der Waals surface area contributed by atoms with E-state index < -0.39 is 0 Å². The van der Waals surface area contributed by atoms with Crippen LogP contribution in [0.1, 0.15) is 40.6 Å². The summed E-state index contributed by atoms with van der Waals surface area (Å²) in [5.41, 5.74) is 2.86. The fourth-order valence-corrected chi connectivity index (χ4v) is 2.38. The Kier molecular flexibility index (Phi) is 2.48. The van der Waals surface area contributed by atoms with Gasteiger partial charge in [-0.25, -0.2) is 0 Å². The molecule has 6 heteroatoms. The maximum absolute atomic E-state index is 12.1. The maximum Gasteiger partial charge on any atom is 0.322 e. The van der Waals surface area contributed by atoms with Gasteiger partial charge in [0, 0.05) is 23.7 Å². The molecule has 0 bridgehead atoms. The van der Waals surface area contributed by atoms with Gasteiger partial charge >= 0.3 is 6.01 Å². The molecule has 0 spiro atoms. The Balaban J connectivity index is 1.51. The van der Waals surface area contributed by atoms with Crippen molar-refractivity contribution in [3.63, 3.8) is 0 Å². The minimum absolute atomic E-state index is 0.172. The molecule has 102 valence electrons. The summed E-state index contributed by atoms with van der Waals surface area (Å²) in [6.07, 6.45) is 3.18. The fraction of sp³-hybridized carbons (Fsp3) is 0.357. The van der Waals surface area contributed by atoms with Crippen molar-refractivity contribution in [3.05, 3.63) is 35.2 Å². The second-order valence-corrected chi connectivity index (χ2v) is 5.22. The first-order valence-corrected chi connectivity index (χ1v) is 6.81. The van der Waals surface area contributed by atoms with Gasteiger partial charge in [-0.05, 0) is 37.0 Å². The molecule has 1 fully saturated rings. The van der Waals surface area contributed by atoms with E-state index in [0.29, 0.717) is 17.4 Å². The van der Waals surface area contributed by atoms with Crippen molar-refractivity contribution in [1.82, 2.24) is 10.2 Å². The van der Waals surface area contributed by atoms with E-state index in [9.17, 15) is 4.79 Å². The molecule has 20 heavy (non-hydrogen) atoms. The molecule has 2 N–H and O–H groups in total. The van der Waals surface area contributed by atoms with Crippen LogP contribution >= 0.6 is 0 Å². The molecule has 0 atom stereocenters. The summed E-state index contributed by atoms with van der Waals surface area (Å²) in [7, 11) is 0. The van der Waals surface area contributed by atoms with Crippen molar-refractivity contribution < 1.29 is 9.21 Å². The van der Waals surface area contributed by atoms with Gasteiger partial charge in [-0.1, -0.05) is 11.2 Å². The van der Waals surface area contributed by atoms with E-state index in [4.69, 9.17) is 4.42 Å². The summed E-state index contributed by atoms with van der Waals surface area (Å²) in [5, 5.41) is 13.7. The molecule has 1 aliphatic heterocycles. The van der Waals surface area contributed by atoms with E-state index in [1.54, 1.807) is 0 Å². The van der Waals surface area contributed by atoms with Gasteiger partial charge in [-0.3, -0.25) is 10.1 Å². The standard InChI is InChI=1S/C14H14N4O2/c19-12(10-4-1-8-5-6-15-11(8)7-10)16-14-18-17-13(20-14)9-2-3-9/h1,4,7,9,15H,2-3,5-6H2,(H,16,18,19). The van der Waals surface area contributed by atoms with Crippen LogP contribution in [0.2, 0.25) is 0 Å². The number of anilines is 2. The molecule has 1 aromatic carbocycles. The van der Waals surface area contributed by atoms with Crippen LogP contribution in [-0.4, -0.2) is 22.6 Å². The zero-order valence-electron chi connectivity index (χ0n) is 10.8. The molecule has 1 amide bonds. The summed E-state index contributed by atoms with van der Waals surface area (Å²) in [5.74, 6) is 0.778. The predicted molar refractivity (Wildman–Crippen MR) is 72.9 cm³/mol. The molecule has 4 rings (SSSR count). The Hall–Kier alpha value is -2.37. The van der Waals surface area contributed by atoms with Crippen molar-refractivity contribution >= 4 is 17.6 Å². The maximum atomic E-state index is 12.1. The lowest BCUT2D eigenvalue weighted by atomic mass is 10.1. The van der Waals surface area contributed by atoms with Crippen molar-refractivity contribution in [2.24, 2.45) is 0 Å². The van der Waals surface area contributed by atoms with Gasteiger partial charge in [0.2, 0.25) is 5.89 Å². The van der Waals surface area contributed by atoms with Crippen LogP contribution in [0.5, 0.6) is 0 Å². The number of nitrogens with zero attached hydrogens (tertiary/aromatic N) is 2. The Bertz CT molecular complexity index is 676. The summed E-state index contributed by atoms with van der Waals surface area (Å²) in [6.45, 7) is 0.925. The average Bonchev–Trinajstić information content (AvgIpc) is 3.02. The van der Waals surface area contributed by atoms with Crippen molar-refractivity contribution in [2.45, 2.75) is 25.2 Å². The van der Waals surface area contributed by atoms with Gasteiger partial charge in [-0.2, -0.15) is 0 Å². The molecular weight excluding hydrogens is 256 g/mol. The molecular formula is C14H14N4O2. The summed E-state index contributed by atoms with van der Waals surface area (Å²) >= 11 is 0. The number of carbonyl (C=O) groups excluding carboxylic acids is 1. The zero-order chi connectivity index (χ0) is 13.5. The molecule has 2 aliphatic rings. The molecule has 2 heterocycles.